The summed E-state index contributed by atoms with van der Waals surface area (Å²) < 4.78 is 37.8. The molecule has 0 aliphatic carbocycles. The van der Waals surface area contributed by atoms with Crippen LogP contribution in [0.25, 0.3) is 11.4 Å². The van der Waals surface area contributed by atoms with Gasteiger partial charge in [-0.15, -0.1) is 10.2 Å². The summed E-state index contributed by atoms with van der Waals surface area (Å²) in [6, 6.07) is 4.24. The zero-order valence-corrected chi connectivity index (χ0v) is 12.0. The fourth-order valence-corrected chi connectivity index (χ4v) is 2.60. The molecule has 20 heavy (non-hydrogen) atoms. The minimum Gasteiger partial charge on any atom is -0.297 e. The molecule has 0 unspecified atom stereocenters. The van der Waals surface area contributed by atoms with Crippen molar-refractivity contribution >= 4 is 10.0 Å². The number of sulfonamides is 1. The van der Waals surface area contributed by atoms with Crippen LogP contribution < -0.4 is 5.14 Å². The molecule has 0 amide bonds. The molecule has 1 aromatic heterocycles. The highest BCUT2D eigenvalue weighted by atomic mass is 32.2. The molecule has 6 nitrogen and oxygen atoms in total. The van der Waals surface area contributed by atoms with Gasteiger partial charge in [-0.25, -0.2) is 17.9 Å². The molecular weight excluding hydrogens is 283 g/mol. The Balaban J connectivity index is 2.69. The fourth-order valence-electron chi connectivity index (χ4n) is 1.96. The number of benzene rings is 1. The molecule has 0 radical (unpaired) electrons. The Labute approximate surface area is 116 Å². The summed E-state index contributed by atoms with van der Waals surface area (Å²) in [5.74, 6) is -0.123. The molecule has 0 fully saturated rings. The van der Waals surface area contributed by atoms with E-state index >= 15 is 0 Å². The number of primary sulfonamides is 1. The van der Waals surface area contributed by atoms with Gasteiger partial charge < -0.3 is 0 Å². The first kappa shape index (κ1) is 14.6. The van der Waals surface area contributed by atoms with E-state index in [1.807, 2.05) is 6.92 Å². The second-order valence-electron chi connectivity index (χ2n) is 4.46. The molecule has 2 N–H and O–H groups in total. The van der Waals surface area contributed by atoms with Crippen molar-refractivity contribution in [2.75, 3.05) is 0 Å². The van der Waals surface area contributed by atoms with E-state index in [4.69, 9.17) is 5.14 Å². The van der Waals surface area contributed by atoms with Gasteiger partial charge in [-0.1, -0.05) is 13.0 Å². The fraction of sp³-hybridized carbons (Fsp3) is 0.333. The molecule has 8 heteroatoms. The van der Waals surface area contributed by atoms with Gasteiger partial charge in [0.1, 0.15) is 5.82 Å². The quantitative estimate of drug-likeness (QED) is 0.925. The monoisotopic (exact) mass is 298 g/mol. The Kier molecular flexibility index (Phi) is 3.87. The number of aryl methyl sites for hydroxylation is 1. The van der Waals surface area contributed by atoms with Crippen molar-refractivity contribution in [3.63, 3.8) is 0 Å². The molecule has 0 saturated carbocycles. The van der Waals surface area contributed by atoms with Crippen molar-refractivity contribution in [2.45, 2.75) is 32.0 Å². The Bertz CT molecular complexity index is 740. The lowest BCUT2D eigenvalue weighted by Gasteiger charge is -2.09. The zero-order chi connectivity index (χ0) is 14.9. The third-order valence-corrected chi connectivity index (χ3v) is 3.67. The number of hydrogen-bond donors (Lipinski definition) is 1. The highest BCUT2D eigenvalue weighted by Crippen LogP contribution is 2.24. The van der Waals surface area contributed by atoms with Gasteiger partial charge >= 0.3 is 0 Å². The number of nitrogens with two attached hydrogens (primary N) is 1. The summed E-state index contributed by atoms with van der Waals surface area (Å²) in [5, 5.41) is 12.3. The van der Waals surface area contributed by atoms with Gasteiger partial charge in [0.25, 0.3) is 15.2 Å². The van der Waals surface area contributed by atoms with Crippen LogP contribution in [-0.2, 0) is 16.6 Å². The molecule has 108 valence electrons. The second-order valence-corrected chi connectivity index (χ2v) is 5.92. The Morgan fingerprint density at radius 3 is 2.65 bits per heavy atom. The van der Waals surface area contributed by atoms with Crippen LogP contribution in [0.4, 0.5) is 4.39 Å². The highest BCUT2D eigenvalue weighted by molar-refractivity contribution is 7.89. The predicted molar refractivity (Wildman–Crippen MR) is 71.8 cm³/mol. The number of aromatic nitrogens is 3. The summed E-state index contributed by atoms with van der Waals surface area (Å²) in [7, 11) is -3.97. The van der Waals surface area contributed by atoms with Crippen molar-refractivity contribution in [1.82, 2.24) is 14.8 Å². The van der Waals surface area contributed by atoms with Gasteiger partial charge in [-0.05, 0) is 31.0 Å². The molecule has 0 spiro atoms. The van der Waals surface area contributed by atoms with E-state index in [9.17, 15) is 12.8 Å². The molecule has 0 aliphatic heterocycles. The summed E-state index contributed by atoms with van der Waals surface area (Å²) in [4.78, 5) is 0. The average Bonchev–Trinajstić information content (AvgIpc) is 2.76. The third-order valence-electron chi connectivity index (χ3n) is 2.86. The first-order valence-electron chi connectivity index (χ1n) is 6.07. The minimum atomic E-state index is -3.97. The Morgan fingerprint density at radius 1 is 1.35 bits per heavy atom. The lowest BCUT2D eigenvalue weighted by atomic mass is 10.1. The largest absolute Gasteiger partial charge is 0.297 e. The maximum Gasteiger partial charge on any atom is 0.273 e. The Hall–Kier alpha value is -1.80. The molecule has 0 saturated heterocycles. The normalized spacial score (nSPS) is 11.8. The van der Waals surface area contributed by atoms with E-state index < -0.39 is 15.8 Å². The molecule has 0 bridgehead atoms. The van der Waals surface area contributed by atoms with Crippen molar-refractivity contribution in [3.8, 4) is 11.4 Å². The molecule has 0 aliphatic rings. The number of halogens is 1. The highest BCUT2D eigenvalue weighted by Gasteiger charge is 2.22. The van der Waals surface area contributed by atoms with Crippen LogP contribution in [0.5, 0.6) is 0 Å². The standard InChI is InChI=1S/C12H15FN4O2S/c1-3-6-17-11(15-16-12(17)20(14,18)19)10-7-9(13)5-4-8(10)2/h4-5,7H,3,6H2,1-2H3,(H2,14,18,19). The van der Waals surface area contributed by atoms with Gasteiger partial charge in [-0.3, -0.25) is 4.57 Å². The predicted octanol–water partition coefficient (Wildman–Crippen LogP) is 1.45. The number of nitrogens with zero attached hydrogens (tertiary/aromatic N) is 3. The van der Waals surface area contributed by atoms with E-state index in [1.165, 1.54) is 16.7 Å². The zero-order valence-electron chi connectivity index (χ0n) is 11.2. The van der Waals surface area contributed by atoms with Gasteiger partial charge in [0.05, 0.1) is 0 Å². The van der Waals surface area contributed by atoms with Crippen molar-refractivity contribution in [1.29, 1.82) is 0 Å². The maximum absolute atomic E-state index is 13.4. The first-order chi connectivity index (χ1) is 9.34. The molecule has 2 rings (SSSR count). The van der Waals surface area contributed by atoms with Crippen LogP contribution >= 0.6 is 0 Å². The Morgan fingerprint density at radius 2 is 2.05 bits per heavy atom. The van der Waals surface area contributed by atoms with Crippen LogP contribution in [0.15, 0.2) is 23.4 Å². The van der Waals surface area contributed by atoms with Crippen LogP contribution in [0.3, 0.4) is 0 Å². The van der Waals surface area contributed by atoms with Crippen LogP contribution in [0.2, 0.25) is 0 Å². The number of rotatable bonds is 4. The first-order valence-corrected chi connectivity index (χ1v) is 7.61. The van der Waals surface area contributed by atoms with E-state index in [1.54, 1.807) is 13.0 Å². The van der Waals surface area contributed by atoms with Crippen LogP contribution in [0.1, 0.15) is 18.9 Å². The summed E-state index contributed by atoms with van der Waals surface area (Å²) in [6.45, 7) is 4.05. The lowest BCUT2D eigenvalue weighted by Crippen LogP contribution is -2.19. The maximum atomic E-state index is 13.4. The topological polar surface area (TPSA) is 90.9 Å². The average molecular weight is 298 g/mol. The van der Waals surface area contributed by atoms with Gasteiger partial charge in [0.15, 0.2) is 5.82 Å². The van der Waals surface area contributed by atoms with Gasteiger partial charge in [0.2, 0.25) is 0 Å². The third kappa shape index (κ3) is 2.70. The smallest absolute Gasteiger partial charge is 0.273 e. The molecule has 0 atom stereocenters. The molecule has 2 aromatic rings. The van der Waals surface area contributed by atoms with Crippen molar-refractivity contribution in [3.05, 3.63) is 29.6 Å². The van der Waals surface area contributed by atoms with Gasteiger partial charge in [0, 0.05) is 12.1 Å². The van der Waals surface area contributed by atoms with E-state index in [2.05, 4.69) is 10.2 Å². The van der Waals surface area contributed by atoms with Crippen molar-refractivity contribution < 1.29 is 12.8 Å². The summed E-state index contributed by atoms with van der Waals surface area (Å²) in [6.07, 6.45) is 0.669. The van der Waals surface area contributed by atoms with E-state index in [-0.39, 0.29) is 5.16 Å². The summed E-state index contributed by atoms with van der Waals surface area (Å²) in [5.41, 5.74) is 1.28. The summed E-state index contributed by atoms with van der Waals surface area (Å²) >= 11 is 0. The SMILES string of the molecule is CCCn1c(-c2cc(F)ccc2C)nnc1S(N)(=O)=O. The molecular formula is C12H15FN4O2S. The van der Waals surface area contributed by atoms with Crippen LogP contribution in [-0.4, -0.2) is 23.2 Å². The van der Waals surface area contributed by atoms with Gasteiger partial charge in [-0.2, -0.15) is 0 Å². The molecule has 1 aromatic carbocycles. The molecule has 1 heterocycles. The minimum absolute atomic E-state index is 0.299. The second kappa shape index (κ2) is 5.29. The van der Waals surface area contributed by atoms with E-state index in [0.717, 1.165) is 5.56 Å². The number of hydrogen-bond acceptors (Lipinski definition) is 4. The lowest BCUT2D eigenvalue weighted by molar-refractivity contribution is 0.559. The van der Waals surface area contributed by atoms with E-state index in [0.29, 0.717) is 24.4 Å². The van der Waals surface area contributed by atoms with Crippen LogP contribution in [0, 0.1) is 12.7 Å². The van der Waals surface area contributed by atoms with Crippen molar-refractivity contribution in [2.24, 2.45) is 5.14 Å².